The minimum absolute atomic E-state index is 0.0998. The van der Waals surface area contributed by atoms with Crippen LogP contribution in [0.4, 0.5) is 14.5 Å². The van der Waals surface area contributed by atoms with E-state index in [0.717, 1.165) is 0 Å². The van der Waals surface area contributed by atoms with Crippen molar-refractivity contribution in [3.8, 4) is 0 Å². The zero-order valence-electron chi connectivity index (χ0n) is 12.4. The van der Waals surface area contributed by atoms with Crippen molar-refractivity contribution in [2.75, 3.05) is 25.0 Å². The van der Waals surface area contributed by atoms with Gasteiger partial charge in [0.15, 0.2) is 5.11 Å². The lowest BCUT2D eigenvalue weighted by atomic mass is 10.3. The molecule has 0 heterocycles. The SMILES string of the molecule is CCNC(=O)CN(CC)C(=S)Nc1ccc(SC(F)F)cc1. The second-order valence-electron chi connectivity index (χ2n) is 4.30. The molecule has 1 aromatic rings. The Morgan fingerprint density at radius 1 is 1.32 bits per heavy atom. The number of rotatable bonds is 7. The van der Waals surface area contributed by atoms with Gasteiger partial charge in [-0.2, -0.15) is 8.78 Å². The van der Waals surface area contributed by atoms with Crippen LogP contribution in [0.15, 0.2) is 29.2 Å². The van der Waals surface area contributed by atoms with Crippen molar-refractivity contribution in [3.63, 3.8) is 0 Å². The van der Waals surface area contributed by atoms with Crippen molar-refractivity contribution in [1.82, 2.24) is 10.2 Å². The van der Waals surface area contributed by atoms with Crippen LogP contribution in [0.2, 0.25) is 0 Å². The van der Waals surface area contributed by atoms with Crippen LogP contribution in [0.3, 0.4) is 0 Å². The number of thioether (sulfide) groups is 1. The van der Waals surface area contributed by atoms with Gasteiger partial charge >= 0.3 is 0 Å². The molecule has 0 aromatic heterocycles. The third-order valence-electron chi connectivity index (χ3n) is 2.71. The Hall–Kier alpha value is -1.41. The van der Waals surface area contributed by atoms with Crippen LogP contribution in [0.25, 0.3) is 0 Å². The van der Waals surface area contributed by atoms with Crippen molar-refractivity contribution < 1.29 is 13.6 Å². The molecule has 22 heavy (non-hydrogen) atoms. The summed E-state index contributed by atoms with van der Waals surface area (Å²) in [7, 11) is 0. The predicted molar refractivity (Wildman–Crippen MR) is 90.5 cm³/mol. The quantitative estimate of drug-likeness (QED) is 0.586. The van der Waals surface area contributed by atoms with Crippen LogP contribution < -0.4 is 10.6 Å². The molecular weight excluding hydrogens is 328 g/mol. The van der Waals surface area contributed by atoms with Gasteiger partial charge in [0.25, 0.3) is 5.76 Å². The average molecular weight is 347 g/mol. The molecule has 122 valence electrons. The lowest BCUT2D eigenvalue weighted by Crippen LogP contribution is -2.42. The number of halogens is 2. The molecule has 0 aliphatic rings. The summed E-state index contributed by atoms with van der Waals surface area (Å²) in [6.45, 7) is 5.08. The molecule has 0 spiro atoms. The van der Waals surface area contributed by atoms with E-state index >= 15 is 0 Å². The van der Waals surface area contributed by atoms with Crippen LogP contribution >= 0.6 is 24.0 Å². The Morgan fingerprint density at radius 2 is 1.95 bits per heavy atom. The number of benzene rings is 1. The van der Waals surface area contributed by atoms with Crippen molar-refractivity contribution >= 4 is 40.7 Å². The number of thiocarbonyl (C=S) groups is 1. The number of carbonyl (C=O) groups excluding carboxylic acids is 1. The third-order valence-corrected chi connectivity index (χ3v) is 3.79. The van der Waals surface area contributed by atoms with Crippen LogP contribution in [-0.2, 0) is 4.79 Å². The van der Waals surface area contributed by atoms with Gasteiger partial charge in [0, 0.05) is 23.7 Å². The van der Waals surface area contributed by atoms with Gasteiger partial charge < -0.3 is 15.5 Å². The molecule has 0 saturated carbocycles. The maximum atomic E-state index is 12.2. The van der Waals surface area contributed by atoms with E-state index in [9.17, 15) is 13.6 Å². The number of nitrogens with zero attached hydrogens (tertiary/aromatic N) is 1. The van der Waals surface area contributed by atoms with Gasteiger partial charge in [0.2, 0.25) is 5.91 Å². The maximum absolute atomic E-state index is 12.2. The number of hydrogen-bond donors (Lipinski definition) is 2. The molecule has 1 rings (SSSR count). The number of nitrogens with one attached hydrogen (secondary N) is 2. The highest BCUT2D eigenvalue weighted by molar-refractivity contribution is 7.99. The van der Waals surface area contributed by atoms with Gasteiger partial charge in [-0.05, 0) is 50.3 Å². The smallest absolute Gasteiger partial charge is 0.288 e. The van der Waals surface area contributed by atoms with Gasteiger partial charge in [-0.15, -0.1) is 0 Å². The third kappa shape index (κ3) is 6.57. The summed E-state index contributed by atoms with van der Waals surface area (Å²) in [5.41, 5.74) is 0.693. The monoisotopic (exact) mass is 347 g/mol. The van der Waals surface area contributed by atoms with Gasteiger partial charge in [0.05, 0.1) is 6.54 Å². The van der Waals surface area contributed by atoms with Crippen molar-refractivity contribution in [3.05, 3.63) is 24.3 Å². The summed E-state index contributed by atoms with van der Waals surface area (Å²) in [6.07, 6.45) is 0. The highest BCUT2D eigenvalue weighted by Crippen LogP contribution is 2.26. The number of anilines is 1. The van der Waals surface area contributed by atoms with E-state index in [-0.39, 0.29) is 12.5 Å². The van der Waals surface area contributed by atoms with E-state index in [1.807, 2.05) is 13.8 Å². The number of carbonyl (C=O) groups is 1. The van der Waals surface area contributed by atoms with E-state index in [1.54, 1.807) is 29.2 Å². The molecule has 0 bridgehead atoms. The Labute approximate surface area is 138 Å². The highest BCUT2D eigenvalue weighted by Gasteiger charge is 2.12. The molecule has 1 amide bonds. The minimum atomic E-state index is -2.44. The average Bonchev–Trinajstić information content (AvgIpc) is 2.46. The van der Waals surface area contributed by atoms with Crippen molar-refractivity contribution in [2.45, 2.75) is 24.5 Å². The fourth-order valence-electron chi connectivity index (χ4n) is 1.68. The number of alkyl halides is 2. The summed E-state index contributed by atoms with van der Waals surface area (Å²) in [4.78, 5) is 13.8. The Morgan fingerprint density at radius 3 is 2.45 bits per heavy atom. The molecule has 0 aliphatic carbocycles. The molecule has 0 fully saturated rings. The number of amides is 1. The lowest BCUT2D eigenvalue weighted by Gasteiger charge is -2.23. The standard InChI is InChI=1S/C14H19F2N3OS2/c1-3-17-12(20)9-19(4-2)14(21)18-10-5-7-11(8-6-10)22-13(15)16/h5-8,13H,3-4,9H2,1-2H3,(H,17,20)(H,18,21). The largest absolute Gasteiger partial charge is 0.355 e. The zero-order valence-corrected chi connectivity index (χ0v) is 14.1. The summed E-state index contributed by atoms with van der Waals surface area (Å²) < 4.78 is 24.5. The van der Waals surface area contributed by atoms with Gasteiger partial charge in [-0.25, -0.2) is 0 Å². The van der Waals surface area contributed by atoms with Crippen molar-refractivity contribution in [1.29, 1.82) is 0 Å². The second-order valence-corrected chi connectivity index (χ2v) is 5.75. The van der Waals surface area contributed by atoms with Crippen LogP contribution in [0.1, 0.15) is 13.8 Å². The van der Waals surface area contributed by atoms with Crippen LogP contribution in [-0.4, -0.2) is 41.3 Å². The first-order valence-corrected chi connectivity index (χ1v) is 8.12. The van der Waals surface area contributed by atoms with Crippen LogP contribution in [0.5, 0.6) is 0 Å². The van der Waals surface area contributed by atoms with Gasteiger partial charge in [-0.1, -0.05) is 11.8 Å². The molecule has 1 aromatic carbocycles. The molecule has 2 N–H and O–H groups in total. The fourth-order valence-corrected chi connectivity index (χ4v) is 2.49. The summed E-state index contributed by atoms with van der Waals surface area (Å²) in [6, 6.07) is 6.55. The minimum Gasteiger partial charge on any atom is -0.355 e. The Bertz CT molecular complexity index is 497. The highest BCUT2D eigenvalue weighted by atomic mass is 32.2. The van der Waals surface area contributed by atoms with Gasteiger partial charge in [-0.3, -0.25) is 4.79 Å². The van der Waals surface area contributed by atoms with E-state index in [4.69, 9.17) is 12.2 Å². The number of likely N-dealkylation sites (N-methyl/N-ethyl adjacent to an activating group) is 2. The normalized spacial score (nSPS) is 10.4. The van der Waals surface area contributed by atoms with Gasteiger partial charge in [0.1, 0.15) is 0 Å². The molecule has 0 unspecified atom stereocenters. The molecule has 4 nitrogen and oxygen atoms in total. The molecule has 0 atom stereocenters. The molecule has 0 radical (unpaired) electrons. The predicted octanol–water partition coefficient (Wildman–Crippen LogP) is 3.16. The Balaban J connectivity index is 2.60. The second kappa shape index (κ2) is 9.58. The summed E-state index contributed by atoms with van der Waals surface area (Å²) in [5.74, 6) is -2.54. The zero-order chi connectivity index (χ0) is 16.5. The van der Waals surface area contributed by atoms with Crippen LogP contribution in [0, 0.1) is 0 Å². The fraction of sp³-hybridized carbons (Fsp3) is 0.429. The maximum Gasteiger partial charge on any atom is 0.288 e. The summed E-state index contributed by atoms with van der Waals surface area (Å²) >= 11 is 5.76. The van der Waals surface area contributed by atoms with E-state index in [1.165, 1.54) is 0 Å². The topological polar surface area (TPSA) is 44.4 Å². The molecule has 0 aliphatic heterocycles. The van der Waals surface area contributed by atoms with E-state index < -0.39 is 5.76 Å². The molecular formula is C14H19F2N3OS2. The summed E-state index contributed by atoms with van der Waals surface area (Å²) in [5, 5.41) is 6.13. The van der Waals surface area contributed by atoms with Crippen molar-refractivity contribution in [2.24, 2.45) is 0 Å². The Kier molecular flexibility index (Phi) is 8.11. The molecule has 8 heteroatoms. The molecule has 0 saturated heterocycles. The van der Waals surface area contributed by atoms with E-state index in [0.29, 0.717) is 40.5 Å². The van der Waals surface area contributed by atoms with E-state index in [2.05, 4.69) is 10.6 Å². The first-order chi connectivity index (χ1) is 10.5. The lowest BCUT2D eigenvalue weighted by molar-refractivity contribution is -0.121. The first kappa shape index (κ1) is 18.6. The first-order valence-electron chi connectivity index (χ1n) is 6.83. The number of hydrogen-bond acceptors (Lipinski definition) is 3.